The Hall–Kier alpha value is -4.21. The number of carbonyl (C=O) groups excluding carboxylic acids is 2. The molecule has 1 N–H and O–H groups in total. The number of hydrogen-bond donors (Lipinski definition) is 1. The molecule has 0 fully saturated rings. The normalized spacial score (nSPS) is 13.2. The van der Waals surface area contributed by atoms with Gasteiger partial charge in [0.15, 0.2) is 5.65 Å². The SMILES string of the molecule is O=C(Nc1ccc(F)c(C(F)F)c1)c1ccc2c(c1)CN(C(=O)c1ccc3ncnn3c1)CC2. The number of nitrogens with zero attached hydrogens (tertiary/aromatic N) is 4. The van der Waals surface area contributed by atoms with E-state index in [2.05, 4.69) is 15.4 Å². The van der Waals surface area contributed by atoms with Gasteiger partial charge in [-0.2, -0.15) is 5.10 Å². The predicted octanol–water partition coefficient (Wildman–Crippen LogP) is 4.26. The summed E-state index contributed by atoms with van der Waals surface area (Å²) < 4.78 is 40.9. The zero-order valence-electron chi connectivity index (χ0n) is 17.7. The minimum Gasteiger partial charge on any atom is -0.334 e. The van der Waals surface area contributed by atoms with Gasteiger partial charge in [0.2, 0.25) is 0 Å². The first kappa shape index (κ1) is 21.6. The molecule has 0 aliphatic carbocycles. The van der Waals surface area contributed by atoms with Crippen molar-refractivity contribution >= 4 is 23.1 Å². The number of anilines is 1. The van der Waals surface area contributed by atoms with E-state index in [0.29, 0.717) is 36.3 Å². The zero-order chi connectivity index (χ0) is 23.8. The highest BCUT2D eigenvalue weighted by atomic mass is 19.3. The van der Waals surface area contributed by atoms with Crippen LogP contribution in [-0.4, -0.2) is 37.9 Å². The Kier molecular flexibility index (Phi) is 5.48. The molecular formula is C24H18F3N5O2. The van der Waals surface area contributed by atoms with Crippen molar-refractivity contribution in [3.63, 3.8) is 0 Å². The molecule has 0 spiro atoms. The van der Waals surface area contributed by atoms with Gasteiger partial charge in [-0.15, -0.1) is 0 Å². The molecule has 0 bridgehead atoms. The molecule has 3 heterocycles. The minimum absolute atomic E-state index is 0.0692. The molecule has 1 aliphatic heterocycles. The van der Waals surface area contributed by atoms with Crippen LogP contribution in [0.5, 0.6) is 0 Å². The molecule has 5 rings (SSSR count). The first-order valence-electron chi connectivity index (χ1n) is 10.5. The highest BCUT2D eigenvalue weighted by molar-refractivity contribution is 6.04. The lowest BCUT2D eigenvalue weighted by Crippen LogP contribution is -2.36. The Morgan fingerprint density at radius 3 is 2.65 bits per heavy atom. The molecule has 0 unspecified atom stereocenters. The monoisotopic (exact) mass is 465 g/mol. The van der Waals surface area contributed by atoms with Crippen molar-refractivity contribution in [3.05, 3.63) is 94.7 Å². The van der Waals surface area contributed by atoms with Crippen molar-refractivity contribution in [1.29, 1.82) is 0 Å². The largest absolute Gasteiger partial charge is 0.334 e. The van der Waals surface area contributed by atoms with Crippen LogP contribution in [0.3, 0.4) is 0 Å². The van der Waals surface area contributed by atoms with Gasteiger partial charge in [0.05, 0.1) is 11.1 Å². The number of nitrogens with one attached hydrogen (secondary N) is 1. The molecule has 0 saturated heterocycles. The Labute approximate surface area is 191 Å². The third-order valence-electron chi connectivity index (χ3n) is 5.78. The van der Waals surface area contributed by atoms with E-state index in [4.69, 9.17) is 0 Å². The Morgan fingerprint density at radius 2 is 1.82 bits per heavy atom. The number of fused-ring (bicyclic) bond motifs is 2. The summed E-state index contributed by atoms with van der Waals surface area (Å²) in [5, 5.41) is 6.58. The summed E-state index contributed by atoms with van der Waals surface area (Å²) in [6.07, 6.45) is 0.674. The molecule has 0 radical (unpaired) electrons. The Morgan fingerprint density at radius 1 is 1.00 bits per heavy atom. The molecule has 1 aliphatic rings. The van der Waals surface area contributed by atoms with E-state index in [1.165, 1.54) is 16.9 Å². The third kappa shape index (κ3) is 4.09. The summed E-state index contributed by atoms with van der Waals surface area (Å²) in [4.78, 5) is 31.5. The third-order valence-corrected chi connectivity index (χ3v) is 5.78. The van der Waals surface area contributed by atoms with Crippen molar-refractivity contribution in [1.82, 2.24) is 19.5 Å². The van der Waals surface area contributed by atoms with Crippen molar-refractivity contribution in [2.75, 3.05) is 11.9 Å². The standard InChI is InChI=1S/C24H18F3N5O2/c25-20-5-4-18(10-19(20)22(26)27)30-23(33)15-2-1-14-7-8-31(11-17(14)9-15)24(34)16-3-6-21-28-13-29-32(21)12-16/h1-6,9-10,12-13,22H,7-8,11H2,(H,30,33). The van der Waals surface area contributed by atoms with E-state index in [9.17, 15) is 22.8 Å². The van der Waals surface area contributed by atoms with Gasteiger partial charge in [0.25, 0.3) is 18.2 Å². The Bertz CT molecular complexity index is 1420. The van der Waals surface area contributed by atoms with E-state index < -0.39 is 23.7 Å². The number of carbonyl (C=O) groups is 2. The Balaban J connectivity index is 1.33. The first-order valence-corrected chi connectivity index (χ1v) is 10.5. The predicted molar refractivity (Wildman–Crippen MR) is 117 cm³/mol. The van der Waals surface area contributed by atoms with Crippen LogP contribution in [0, 0.1) is 5.82 Å². The molecule has 2 aromatic carbocycles. The van der Waals surface area contributed by atoms with Gasteiger partial charge >= 0.3 is 0 Å². The topological polar surface area (TPSA) is 79.6 Å². The van der Waals surface area contributed by atoms with Gasteiger partial charge in [-0.1, -0.05) is 6.07 Å². The van der Waals surface area contributed by atoms with Crippen LogP contribution in [0.15, 0.2) is 61.1 Å². The van der Waals surface area contributed by atoms with Crippen LogP contribution in [0.1, 0.15) is 43.8 Å². The average Bonchev–Trinajstić information content (AvgIpc) is 3.32. The van der Waals surface area contributed by atoms with Gasteiger partial charge < -0.3 is 10.2 Å². The van der Waals surface area contributed by atoms with E-state index in [1.54, 1.807) is 35.4 Å². The molecule has 7 nitrogen and oxygen atoms in total. The lowest BCUT2D eigenvalue weighted by atomic mass is 9.96. The number of aromatic nitrogens is 3. The van der Waals surface area contributed by atoms with E-state index in [0.717, 1.165) is 23.3 Å². The summed E-state index contributed by atoms with van der Waals surface area (Å²) in [6.45, 7) is 0.843. The summed E-state index contributed by atoms with van der Waals surface area (Å²) in [5.41, 5.74) is 2.55. The maximum atomic E-state index is 13.5. The maximum Gasteiger partial charge on any atom is 0.266 e. The van der Waals surface area contributed by atoms with Crippen LogP contribution in [-0.2, 0) is 13.0 Å². The molecule has 2 amide bonds. The highest BCUT2D eigenvalue weighted by Gasteiger charge is 2.23. The number of benzene rings is 2. The summed E-state index contributed by atoms with van der Waals surface area (Å²) in [5.74, 6) is -1.71. The van der Waals surface area contributed by atoms with Crippen molar-refractivity contribution in [2.24, 2.45) is 0 Å². The average molecular weight is 465 g/mol. The second kappa shape index (κ2) is 8.62. The first-order chi connectivity index (χ1) is 16.4. The number of alkyl halides is 2. The lowest BCUT2D eigenvalue weighted by molar-refractivity contribution is 0.0734. The molecule has 4 aromatic rings. The van der Waals surface area contributed by atoms with Crippen LogP contribution in [0.25, 0.3) is 5.65 Å². The zero-order valence-corrected chi connectivity index (χ0v) is 17.7. The molecule has 0 saturated carbocycles. The second-order valence-corrected chi connectivity index (χ2v) is 7.93. The van der Waals surface area contributed by atoms with Crippen molar-refractivity contribution < 1.29 is 22.8 Å². The number of rotatable bonds is 4. The summed E-state index contributed by atoms with van der Waals surface area (Å²) >= 11 is 0. The van der Waals surface area contributed by atoms with E-state index in [1.807, 2.05) is 6.07 Å². The molecule has 2 aromatic heterocycles. The molecular weight excluding hydrogens is 447 g/mol. The fourth-order valence-electron chi connectivity index (χ4n) is 3.99. The molecule has 34 heavy (non-hydrogen) atoms. The molecule has 172 valence electrons. The molecule has 10 heteroatoms. The number of hydrogen-bond acceptors (Lipinski definition) is 4. The minimum atomic E-state index is -2.99. The number of amides is 2. The van der Waals surface area contributed by atoms with Gasteiger partial charge in [-0.05, 0) is 60.0 Å². The second-order valence-electron chi connectivity index (χ2n) is 7.93. The van der Waals surface area contributed by atoms with Gasteiger partial charge in [-0.3, -0.25) is 9.59 Å². The van der Waals surface area contributed by atoms with E-state index in [-0.39, 0.29) is 11.6 Å². The smallest absolute Gasteiger partial charge is 0.266 e. The van der Waals surface area contributed by atoms with Gasteiger partial charge in [-0.25, -0.2) is 22.7 Å². The van der Waals surface area contributed by atoms with Crippen molar-refractivity contribution in [3.8, 4) is 0 Å². The fraction of sp³-hybridized carbons (Fsp3) is 0.167. The lowest BCUT2D eigenvalue weighted by Gasteiger charge is -2.29. The number of pyridine rings is 1. The molecule has 0 atom stereocenters. The van der Waals surface area contributed by atoms with Crippen LogP contribution in [0.4, 0.5) is 18.9 Å². The summed E-state index contributed by atoms with van der Waals surface area (Å²) in [7, 11) is 0. The quantitative estimate of drug-likeness (QED) is 0.489. The van der Waals surface area contributed by atoms with Gasteiger partial charge in [0, 0.05) is 30.5 Å². The van der Waals surface area contributed by atoms with Crippen molar-refractivity contribution in [2.45, 2.75) is 19.4 Å². The van der Waals surface area contributed by atoms with Gasteiger partial charge in [0.1, 0.15) is 12.1 Å². The van der Waals surface area contributed by atoms with Crippen LogP contribution >= 0.6 is 0 Å². The highest BCUT2D eigenvalue weighted by Crippen LogP contribution is 2.26. The fourth-order valence-corrected chi connectivity index (χ4v) is 3.99. The summed E-state index contributed by atoms with van der Waals surface area (Å²) in [6, 6.07) is 11.6. The number of halogens is 3. The van der Waals surface area contributed by atoms with Crippen LogP contribution in [0.2, 0.25) is 0 Å². The van der Waals surface area contributed by atoms with E-state index >= 15 is 0 Å². The maximum absolute atomic E-state index is 13.5. The van der Waals surface area contributed by atoms with Crippen LogP contribution < -0.4 is 5.32 Å².